The van der Waals surface area contributed by atoms with Crippen LogP contribution in [0.4, 0.5) is 0 Å². The van der Waals surface area contributed by atoms with Crippen molar-refractivity contribution >= 4 is 22.8 Å². The van der Waals surface area contributed by atoms with Gasteiger partial charge < -0.3 is 14.6 Å². The van der Waals surface area contributed by atoms with Gasteiger partial charge in [0.2, 0.25) is 0 Å². The largest absolute Gasteiger partial charge is 0.465 e. The summed E-state index contributed by atoms with van der Waals surface area (Å²) >= 11 is 0. The summed E-state index contributed by atoms with van der Waals surface area (Å²) in [5.74, 6) is 0.0771. The molecule has 4 aromatic rings. The number of carbonyl (C=O) groups excluding carboxylic acids is 2. The van der Waals surface area contributed by atoms with Gasteiger partial charge in [-0.2, -0.15) is 0 Å². The number of hydrogen-bond acceptors (Lipinski definition) is 4. The van der Waals surface area contributed by atoms with E-state index in [4.69, 9.17) is 4.74 Å². The smallest absolute Gasteiger partial charge is 0.337 e. The lowest BCUT2D eigenvalue weighted by atomic mass is 10.0. The van der Waals surface area contributed by atoms with Crippen molar-refractivity contribution in [3.8, 4) is 5.69 Å². The number of esters is 1. The van der Waals surface area contributed by atoms with E-state index in [1.807, 2.05) is 60.7 Å². The molecule has 1 aliphatic heterocycles. The Morgan fingerprint density at radius 1 is 1.00 bits per heavy atom. The summed E-state index contributed by atoms with van der Waals surface area (Å²) in [6, 6.07) is 23.9. The van der Waals surface area contributed by atoms with Crippen LogP contribution in [0.15, 0.2) is 79.0 Å². The first-order chi connectivity index (χ1) is 17.9. The Morgan fingerprint density at radius 3 is 2.43 bits per heavy atom. The molecule has 2 heterocycles. The molecule has 1 aliphatic rings. The van der Waals surface area contributed by atoms with E-state index in [1.54, 1.807) is 0 Å². The number of para-hydroxylation sites is 1. The fourth-order valence-electron chi connectivity index (χ4n) is 5.09. The highest BCUT2D eigenvalue weighted by atomic mass is 16.5. The summed E-state index contributed by atoms with van der Waals surface area (Å²) in [5.41, 5.74) is 5.72. The molecule has 0 aliphatic carbocycles. The van der Waals surface area contributed by atoms with E-state index in [0.29, 0.717) is 17.0 Å². The molecule has 5 rings (SSSR count). The SMILES string of the molecule is COC(=O)c1ccc2c(c1)c(CN1CCC(NC(=O)c3ccc(C(C)C)cc3)C1)cn2-c1ccccc1. The molecule has 0 bridgehead atoms. The van der Waals surface area contributed by atoms with Crippen molar-refractivity contribution in [3.63, 3.8) is 0 Å². The Morgan fingerprint density at radius 2 is 1.73 bits per heavy atom. The quantitative estimate of drug-likeness (QED) is 0.342. The molecule has 1 atom stereocenters. The van der Waals surface area contributed by atoms with Crippen LogP contribution in [0.2, 0.25) is 0 Å². The van der Waals surface area contributed by atoms with Crippen LogP contribution in [0.3, 0.4) is 0 Å². The third kappa shape index (κ3) is 5.30. The first kappa shape index (κ1) is 24.8. The topological polar surface area (TPSA) is 63.6 Å². The van der Waals surface area contributed by atoms with Crippen molar-refractivity contribution in [1.29, 1.82) is 0 Å². The maximum atomic E-state index is 12.8. The standard InChI is InChI=1S/C31H33N3O3/c1-21(2)22-9-11-23(12-10-22)30(35)32-26-15-16-33(20-26)18-25-19-34(27-7-5-4-6-8-27)29-14-13-24(17-28(25)29)31(36)37-3/h4-14,17,19,21,26H,15-16,18,20H2,1-3H3,(H,32,35). The molecule has 6 nitrogen and oxygen atoms in total. The molecule has 190 valence electrons. The molecule has 3 aromatic carbocycles. The number of methoxy groups -OCH3 is 1. The van der Waals surface area contributed by atoms with Crippen LogP contribution in [0.1, 0.15) is 58.0 Å². The first-order valence-corrected chi connectivity index (χ1v) is 12.8. The number of benzene rings is 3. The van der Waals surface area contributed by atoms with Crippen molar-refractivity contribution in [2.24, 2.45) is 0 Å². The van der Waals surface area contributed by atoms with Gasteiger partial charge in [-0.15, -0.1) is 0 Å². The number of likely N-dealkylation sites (tertiary alicyclic amines) is 1. The van der Waals surface area contributed by atoms with E-state index in [2.05, 4.69) is 47.0 Å². The first-order valence-electron chi connectivity index (χ1n) is 12.8. The number of hydrogen-bond donors (Lipinski definition) is 1. The van der Waals surface area contributed by atoms with E-state index in [9.17, 15) is 9.59 Å². The average Bonchev–Trinajstić information content (AvgIpc) is 3.52. The van der Waals surface area contributed by atoms with Gasteiger partial charge in [-0.05, 0) is 65.9 Å². The van der Waals surface area contributed by atoms with Crippen LogP contribution >= 0.6 is 0 Å². The molecule has 1 unspecified atom stereocenters. The maximum Gasteiger partial charge on any atom is 0.337 e. The third-order valence-corrected chi connectivity index (χ3v) is 7.18. The minimum Gasteiger partial charge on any atom is -0.465 e. The normalized spacial score (nSPS) is 15.8. The Hall–Kier alpha value is -3.90. The maximum absolute atomic E-state index is 12.8. The van der Waals surface area contributed by atoms with Crippen molar-refractivity contribution < 1.29 is 14.3 Å². The number of amides is 1. The van der Waals surface area contributed by atoms with E-state index in [-0.39, 0.29) is 17.9 Å². The summed E-state index contributed by atoms with van der Waals surface area (Å²) in [6.07, 6.45) is 3.06. The van der Waals surface area contributed by atoms with Crippen LogP contribution in [-0.2, 0) is 11.3 Å². The van der Waals surface area contributed by atoms with Gasteiger partial charge in [0.25, 0.3) is 5.91 Å². The van der Waals surface area contributed by atoms with E-state index in [1.165, 1.54) is 12.7 Å². The number of nitrogens with one attached hydrogen (secondary N) is 1. The second kappa shape index (κ2) is 10.6. The lowest BCUT2D eigenvalue weighted by molar-refractivity contribution is 0.0600. The molecule has 1 amide bonds. The number of nitrogens with zero attached hydrogens (tertiary/aromatic N) is 2. The average molecular weight is 496 g/mol. The summed E-state index contributed by atoms with van der Waals surface area (Å²) in [6.45, 7) is 6.71. The lowest BCUT2D eigenvalue weighted by Gasteiger charge is -2.17. The van der Waals surface area contributed by atoms with Crippen LogP contribution in [0, 0.1) is 0 Å². The fourth-order valence-corrected chi connectivity index (χ4v) is 5.09. The number of carbonyl (C=O) groups is 2. The van der Waals surface area contributed by atoms with Crippen LogP contribution in [0.5, 0.6) is 0 Å². The summed E-state index contributed by atoms with van der Waals surface area (Å²) in [4.78, 5) is 27.4. The molecule has 1 aromatic heterocycles. The van der Waals surface area contributed by atoms with Crippen molar-refractivity contribution in [3.05, 3.63) is 101 Å². The molecule has 0 radical (unpaired) electrons. The van der Waals surface area contributed by atoms with Crippen molar-refractivity contribution in [1.82, 2.24) is 14.8 Å². The van der Waals surface area contributed by atoms with Gasteiger partial charge in [-0.3, -0.25) is 9.69 Å². The Kier molecular flexibility index (Phi) is 7.10. The van der Waals surface area contributed by atoms with Crippen LogP contribution in [-0.4, -0.2) is 47.6 Å². The Bertz CT molecular complexity index is 1410. The molecule has 1 N–H and O–H groups in total. The highest BCUT2D eigenvalue weighted by Gasteiger charge is 2.25. The predicted octanol–water partition coefficient (Wildman–Crippen LogP) is 5.54. The van der Waals surface area contributed by atoms with Gasteiger partial charge in [0, 0.05) is 48.5 Å². The lowest BCUT2D eigenvalue weighted by Crippen LogP contribution is -2.37. The third-order valence-electron chi connectivity index (χ3n) is 7.18. The number of fused-ring (bicyclic) bond motifs is 1. The number of aromatic nitrogens is 1. The minimum atomic E-state index is -0.342. The van der Waals surface area contributed by atoms with Gasteiger partial charge in [0.05, 0.1) is 18.2 Å². The Balaban J connectivity index is 1.33. The molecule has 6 heteroatoms. The highest BCUT2D eigenvalue weighted by Crippen LogP contribution is 2.28. The minimum absolute atomic E-state index is 0.0226. The number of rotatable bonds is 7. The zero-order valence-corrected chi connectivity index (χ0v) is 21.6. The molecule has 37 heavy (non-hydrogen) atoms. The molecule has 1 saturated heterocycles. The van der Waals surface area contributed by atoms with Crippen LogP contribution < -0.4 is 5.32 Å². The van der Waals surface area contributed by atoms with E-state index < -0.39 is 0 Å². The van der Waals surface area contributed by atoms with Gasteiger partial charge in [0.15, 0.2) is 0 Å². The van der Waals surface area contributed by atoms with Gasteiger partial charge in [-0.25, -0.2) is 4.79 Å². The van der Waals surface area contributed by atoms with Crippen LogP contribution in [0.25, 0.3) is 16.6 Å². The number of ether oxygens (including phenoxy) is 1. The molecular weight excluding hydrogens is 462 g/mol. The molecule has 0 saturated carbocycles. The van der Waals surface area contributed by atoms with Crippen molar-refractivity contribution in [2.45, 2.75) is 38.8 Å². The van der Waals surface area contributed by atoms with Gasteiger partial charge >= 0.3 is 5.97 Å². The summed E-state index contributed by atoms with van der Waals surface area (Å²) < 4.78 is 7.13. The van der Waals surface area contributed by atoms with E-state index in [0.717, 1.165) is 48.2 Å². The molecular formula is C31H33N3O3. The second-order valence-electron chi connectivity index (χ2n) is 10.1. The summed E-state index contributed by atoms with van der Waals surface area (Å²) in [7, 11) is 1.40. The summed E-state index contributed by atoms with van der Waals surface area (Å²) in [5, 5.41) is 4.24. The monoisotopic (exact) mass is 495 g/mol. The zero-order valence-electron chi connectivity index (χ0n) is 21.6. The van der Waals surface area contributed by atoms with E-state index >= 15 is 0 Å². The fraction of sp³-hybridized carbons (Fsp3) is 0.290. The second-order valence-corrected chi connectivity index (χ2v) is 10.1. The van der Waals surface area contributed by atoms with Crippen molar-refractivity contribution in [2.75, 3.05) is 20.2 Å². The highest BCUT2D eigenvalue weighted by molar-refractivity contribution is 5.96. The van der Waals surface area contributed by atoms with Gasteiger partial charge in [-0.1, -0.05) is 44.2 Å². The predicted molar refractivity (Wildman–Crippen MR) is 146 cm³/mol. The van der Waals surface area contributed by atoms with Gasteiger partial charge in [0.1, 0.15) is 0 Å². The molecule has 0 spiro atoms. The molecule has 1 fully saturated rings. The zero-order chi connectivity index (χ0) is 25.9. The Labute approximate surface area is 217 Å².